The van der Waals surface area contributed by atoms with Crippen LogP contribution in [-0.2, 0) is 20.7 Å². The smallest absolute Gasteiger partial charge is 0.407 e. The van der Waals surface area contributed by atoms with Gasteiger partial charge in [0.25, 0.3) is 0 Å². The molecule has 12 nitrogen and oxygen atoms in total. The number of aromatic nitrogens is 1. The van der Waals surface area contributed by atoms with Gasteiger partial charge in [-0.1, -0.05) is 30.3 Å². The van der Waals surface area contributed by atoms with E-state index in [-0.39, 0.29) is 35.7 Å². The van der Waals surface area contributed by atoms with E-state index in [4.69, 9.17) is 9.72 Å². The third-order valence-corrected chi connectivity index (χ3v) is 12.1. The maximum Gasteiger partial charge on any atom is 0.407 e. The second kappa shape index (κ2) is 19.8. The predicted octanol–water partition coefficient (Wildman–Crippen LogP) is 9.01. The lowest BCUT2D eigenvalue weighted by Gasteiger charge is -2.32. The van der Waals surface area contributed by atoms with Gasteiger partial charge in [0.15, 0.2) is 18.3 Å². The second-order valence-electron chi connectivity index (χ2n) is 17.9. The summed E-state index contributed by atoms with van der Waals surface area (Å²) in [7, 11) is 4.26. The number of hydrogen-bond donors (Lipinski definition) is 2. The fourth-order valence-corrected chi connectivity index (χ4v) is 8.58. The summed E-state index contributed by atoms with van der Waals surface area (Å²) in [6.45, 7) is 8.28. The van der Waals surface area contributed by atoms with Crippen molar-refractivity contribution in [1.29, 1.82) is 0 Å². The number of nitrogens with zero attached hydrogens (tertiary/aromatic N) is 5. The van der Waals surface area contributed by atoms with E-state index < -0.39 is 17.6 Å². The Morgan fingerprint density at radius 2 is 1.49 bits per heavy atom. The first kappa shape index (κ1) is 43.5. The number of rotatable bonds is 15. The number of hydrogen-bond acceptors (Lipinski definition) is 10. The minimum atomic E-state index is -0.584. The normalized spacial score (nSPS) is 21.1. The van der Waals surface area contributed by atoms with Gasteiger partial charge in [0.1, 0.15) is 17.1 Å². The summed E-state index contributed by atoms with van der Waals surface area (Å²) >= 11 is 0. The van der Waals surface area contributed by atoms with E-state index in [9.17, 15) is 19.2 Å². The van der Waals surface area contributed by atoms with Gasteiger partial charge in [0.2, 0.25) is 5.91 Å². The van der Waals surface area contributed by atoms with E-state index >= 15 is 0 Å². The maximum absolute atomic E-state index is 14.0. The third kappa shape index (κ3) is 12.5. The summed E-state index contributed by atoms with van der Waals surface area (Å²) in [5, 5.41) is 13.9. The quantitative estimate of drug-likeness (QED) is 0.145. The number of ketones is 2. The van der Waals surface area contributed by atoms with Crippen molar-refractivity contribution in [2.75, 3.05) is 32.6 Å². The molecule has 6 rings (SSSR count). The van der Waals surface area contributed by atoms with Crippen LogP contribution in [0.4, 0.5) is 10.5 Å². The summed E-state index contributed by atoms with van der Waals surface area (Å²) in [5.74, 6) is 0.526. The Kier molecular flexibility index (Phi) is 14.6. The molecule has 314 valence electrons. The van der Waals surface area contributed by atoms with Crippen LogP contribution in [0.1, 0.15) is 112 Å². The second-order valence-corrected chi connectivity index (χ2v) is 17.9. The molecule has 0 bridgehead atoms. The fraction of sp³-hybridized carbons (Fsp3) is 0.532. The molecule has 2 aliphatic carbocycles. The Hall–Kier alpha value is -5.10. The molecule has 2 amide bonds. The van der Waals surface area contributed by atoms with Crippen molar-refractivity contribution in [2.24, 2.45) is 38.9 Å². The van der Waals surface area contributed by atoms with Gasteiger partial charge < -0.3 is 20.3 Å². The fourth-order valence-electron chi connectivity index (χ4n) is 8.58. The molecular weight excluding hydrogens is 743 g/mol. The maximum atomic E-state index is 14.0. The average molecular weight is 804 g/mol. The molecule has 0 radical (unpaired) electrons. The van der Waals surface area contributed by atoms with E-state index in [0.29, 0.717) is 55.2 Å². The molecule has 59 heavy (non-hydrogen) atoms. The first-order chi connectivity index (χ1) is 28.2. The molecule has 2 heterocycles. The number of azo groups is 1. The first-order valence-electron chi connectivity index (χ1n) is 21.3. The van der Waals surface area contributed by atoms with Crippen molar-refractivity contribution in [3.8, 4) is 11.1 Å². The molecule has 0 spiro atoms. The number of carbonyl (C=O) groups is 4. The molecule has 2 N–H and O–H groups in total. The zero-order valence-electron chi connectivity index (χ0n) is 35.6. The molecule has 0 unspecified atom stereocenters. The van der Waals surface area contributed by atoms with Gasteiger partial charge in [-0.2, -0.15) is 5.11 Å². The molecule has 1 atom stereocenters. The first-order valence-corrected chi connectivity index (χ1v) is 21.3. The Morgan fingerprint density at radius 1 is 0.831 bits per heavy atom. The lowest BCUT2D eigenvalue weighted by Crippen LogP contribution is -2.37. The number of amides is 2. The van der Waals surface area contributed by atoms with Crippen LogP contribution < -0.4 is 10.6 Å². The number of carbonyl (C=O) groups excluding carboxylic acids is 4. The zero-order chi connectivity index (χ0) is 42.1. The van der Waals surface area contributed by atoms with Crippen molar-refractivity contribution in [1.82, 2.24) is 15.2 Å². The van der Waals surface area contributed by atoms with Gasteiger partial charge in [0, 0.05) is 59.8 Å². The molecule has 0 saturated heterocycles. The number of nitrogens with one attached hydrogen (secondary N) is 2. The molecule has 12 heteroatoms. The molecule has 1 aliphatic heterocycles. The van der Waals surface area contributed by atoms with Crippen LogP contribution in [0.3, 0.4) is 0 Å². The van der Waals surface area contributed by atoms with Crippen molar-refractivity contribution in [3.05, 3.63) is 83.2 Å². The molecule has 3 aliphatic rings. The summed E-state index contributed by atoms with van der Waals surface area (Å²) in [6.07, 6.45) is 8.14. The highest BCUT2D eigenvalue weighted by Gasteiger charge is 2.31. The minimum absolute atomic E-state index is 0.0952. The number of pyridine rings is 1. The average Bonchev–Trinajstić information content (AvgIpc) is 3.76. The van der Waals surface area contributed by atoms with Crippen LogP contribution in [-0.4, -0.2) is 78.2 Å². The summed E-state index contributed by atoms with van der Waals surface area (Å²) in [6, 6.07) is 19.8. The molecule has 2 aromatic carbocycles. The number of benzene rings is 2. The summed E-state index contributed by atoms with van der Waals surface area (Å²) in [5.41, 5.74) is 5.08. The topological polar surface area (TPSA) is 155 Å². The van der Waals surface area contributed by atoms with E-state index in [2.05, 4.69) is 44.8 Å². The zero-order valence-corrected chi connectivity index (χ0v) is 35.6. The van der Waals surface area contributed by atoms with Crippen molar-refractivity contribution in [3.63, 3.8) is 0 Å². The van der Waals surface area contributed by atoms with Crippen LogP contribution >= 0.6 is 0 Å². The van der Waals surface area contributed by atoms with Crippen LogP contribution in [0.15, 0.2) is 75.9 Å². The van der Waals surface area contributed by atoms with E-state index in [0.717, 1.165) is 79.3 Å². The minimum Gasteiger partial charge on any atom is -0.444 e. The largest absolute Gasteiger partial charge is 0.444 e. The molecular formula is C47H61N7O5. The highest BCUT2D eigenvalue weighted by atomic mass is 16.6. The van der Waals surface area contributed by atoms with Gasteiger partial charge in [-0.25, -0.2) is 14.8 Å². The van der Waals surface area contributed by atoms with Crippen LogP contribution in [0.5, 0.6) is 0 Å². The van der Waals surface area contributed by atoms with E-state index in [1.54, 1.807) is 0 Å². The van der Waals surface area contributed by atoms with E-state index in [1.807, 2.05) is 88.4 Å². The highest BCUT2D eigenvalue weighted by Crippen LogP contribution is 2.33. The standard InChI is InChI=1S/C47H61N7O5/c1-30-40(23-24-41(51-30)43(56)26-32-11-21-39(22-12-32)54(5)6)34-13-7-31(8-14-34)25-37(45(57)52-38-19-17-36(18-20-38)44-49-29-50-53-44)27-42(55)35-15-9-33(10-16-35)28-48-46(58)59-47(2,3)4/h7-8,13-14,17-20,23-24,32-33,35,37,39H,9-12,15-16,21-22,25-29H2,1-6H3,(H,48,58)(H,52,57)/t32?,33?,35?,37-,39?/m1/s1. The predicted molar refractivity (Wildman–Crippen MR) is 231 cm³/mol. The van der Waals surface area contributed by atoms with Crippen molar-refractivity contribution >= 4 is 35.1 Å². The lowest BCUT2D eigenvalue weighted by atomic mass is 9.77. The Balaban J connectivity index is 1.09. The van der Waals surface area contributed by atoms with Crippen molar-refractivity contribution < 1.29 is 23.9 Å². The number of amidine groups is 1. The number of ether oxygens (including phenoxy) is 1. The third-order valence-electron chi connectivity index (χ3n) is 12.1. The van der Waals surface area contributed by atoms with Gasteiger partial charge in [0.05, 0.1) is 0 Å². The highest BCUT2D eigenvalue weighted by molar-refractivity contribution is 6.01. The molecule has 3 aromatic rings. The molecule has 1 aromatic heterocycles. The number of aliphatic imine (C=N–C) groups is 1. The Bertz CT molecular complexity index is 2000. The van der Waals surface area contributed by atoms with Gasteiger partial charge in [-0.15, -0.1) is 5.11 Å². The Morgan fingerprint density at radius 3 is 2.10 bits per heavy atom. The van der Waals surface area contributed by atoms with Gasteiger partial charge in [-0.05, 0) is 153 Å². The monoisotopic (exact) mass is 803 g/mol. The van der Waals surface area contributed by atoms with Crippen LogP contribution in [0.25, 0.3) is 11.1 Å². The van der Waals surface area contributed by atoms with Crippen LogP contribution in [0.2, 0.25) is 0 Å². The number of anilines is 1. The molecule has 2 fully saturated rings. The number of aryl methyl sites for hydroxylation is 1. The SMILES string of the molecule is Cc1nc(C(=O)CC2CCC(N(C)C)CC2)ccc1-c1ccc(C[C@H](CC(=O)C2CCC(CNC(=O)OC(C)(C)C)CC2)C(=O)Nc2ccc(C3=NCN=N3)cc2)cc1. The Labute approximate surface area is 349 Å². The summed E-state index contributed by atoms with van der Waals surface area (Å²) in [4.78, 5) is 64.5. The van der Waals surface area contributed by atoms with Gasteiger partial charge in [-0.3, -0.25) is 14.4 Å². The molecule has 2 saturated carbocycles. The van der Waals surface area contributed by atoms with E-state index in [1.165, 1.54) is 0 Å². The summed E-state index contributed by atoms with van der Waals surface area (Å²) < 4.78 is 5.38. The van der Waals surface area contributed by atoms with Crippen molar-refractivity contribution in [2.45, 2.75) is 110 Å². The number of alkyl carbamates (subject to hydrolysis) is 1. The lowest BCUT2D eigenvalue weighted by molar-refractivity contribution is -0.129. The van der Waals surface area contributed by atoms with Crippen LogP contribution in [0, 0.1) is 30.6 Å². The number of Topliss-reactive ketones (excluding diaryl/α,β-unsaturated/α-hetero) is 2. The van der Waals surface area contributed by atoms with Gasteiger partial charge >= 0.3 is 6.09 Å².